The van der Waals surface area contributed by atoms with Crippen molar-refractivity contribution in [2.24, 2.45) is 0 Å². The number of halogens is 1. The van der Waals surface area contributed by atoms with Gasteiger partial charge in [-0.3, -0.25) is 9.69 Å². The number of hydrogen-bond donors (Lipinski definition) is 0. The molecule has 0 aliphatic carbocycles. The standard InChI is InChI=1S/C28H29ClN2O3/c1-33-27-13-9-22(19-24(27)21-34-26-5-3-2-4-6-26)10-14-28(32)31-17-15-30(16-18-31)20-23-7-11-25(29)12-8-23/h2-14,19H,15-18,20-21H2,1H3/b14-10+. The molecule has 0 bridgehead atoms. The van der Waals surface area contributed by atoms with Crippen molar-refractivity contribution in [3.05, 3.63) is 101 Å². The first kappa shape index (κ1) is 23.9. The van der Waals surface area contributed by atoms with Gasteiger partial charge in [-0.2, -0.15) is 0 Å². The van der Waals surface area contributed by atoms with E-state index >= 15 is 0 Å². The lowest BCUT2D eigenvalue weighted by molar-refractivity contribution is -0.127. The third-order valence-corrected chi connectivity index (χ3v) is 6.12. The lowest BCUT2D eigenvalue weighted by atomic mass is 10.1. The van der Waals surface area contributed by atoms with Crippen LogP contribution in [0.25, 0.3) is 6.08 Å². The number of nitrogens with zero attached hydrogens (tertiary/aromatic N) is 2. The summed E-state index contributed by atoms with van der Waals surface area (Å²) in [5.41, 5.74) is 3.09. The predicted octanol–water partition coefficient (Wildman–Crippen LogP) is 5.29. The molecular weight excluding hydrogens is 448 g/mol. The number of para-hydroxylation sites is 1. The van der Waals surface area contributed by atoms with Crippen molar-refractivity contribution in [1.29, 1.82) is 0 Å². The molecule has 0 radical (unpaired) electrons. The summed E-state index contributed by atoms with van der Waals surface area (Å²) in [5.74, 6) is 1.59. The van der Waals surface area contributed by atoms with E-state index in [1.165, 1.54) is 5.56 Å². The number of carbonyl (C=O) groups is 1. The molecule has 1 amide bonds. The molecule has 5 nitrogen and oxygen atoms in total. The molecule has 4 rings (SSSR count). The maximum Gasteiger partial charge on any atom is 0.246 e. The fourth-order valence-corrected chi connectivity index (χ4v) is 4.07. The summed E-state index contributed by atoms with van der Waals surface area (Å²) < 4.78 is 11.4. The minimum atomic E-state index is 0.0315. The Morgan fingerprint density at radius 1 is 0.971 bits per heavy atom. The van der Waals surface area contributed by atoms with Gasteiger partial charge in [0.15, 0.2) is 0 Å². The number of methoxy groups -OCH3 is 1. The third kappa shape index (κ3) is 6.62. The molecule has 6 heteroatoms. The van der Waals surface area contributed by atoms with E-state index in [1.54, 1.807) is 13.2 Å². The number of benzene rings is 3. The Kier molecular flexibility index (Phi) is 8.23. The Balaban J connectivity index is 1.31. The van der Waals surface area contributed by atoms with Crippen molar-refractivity contribution in [3.63, 3.8) is 0 Å². The van der Waals surface area contributed by atoms with E-state index in [0.717, 1.165) is 60.4 Å². The van der Waals surface area contributed by atoms with Crippen LogP contribution < -0.4 is 9.47 Å². The van der Waals surface area contributed by atoms with Gasteiger partial charge in [0.05, 0.1) is 7.11 Å². The van der Waals surface area contributed by atoms with Gasteiger partial charge in [0, 0.05) is 49.4 Å². The number of rotatable bonds is 8. The monoisotopic (exact) mass is 476 g/mol. The van der Waals surface area contributed by atoms with Crippen LogP contribution in [0.15, 0.2) is 78.9 Å². The zero-order valence-electron chi connectivity index (χ0n) is 19.3. The first-order chi connectivity index (χ1) is 16.6. The SMILES string of the molecule is COc1ccc(/C=C/C(=O)N2CCN(Cc3ccc(Cl)cc3)CC2)cc1COc1ccccc1. The summed E-state index contributed by atoms with van der Waals surface area (Å²) in [6.07, 6.45) is 3.51. The molecule has 34 heavy (non-hydrogen) atoms. The van der Waals surface area contributed by atoms with Gasteiger partial charge in [0.25, 0.3) is 0 Å². The highest BCUT2D eigenvalue weighted by atomic mass is 35.5. The second-order valence-corrected chi connectivity index (χ2v) is 8.67. The van der Waals surface area contributed by atoms with Crippen LogP contribution in [0.4, 0.5) is 0 Å². The normalized spacial score (nSPS) is 14.4. The zero-order chi connectivity index (χ0) is 23.8. The maximum absolute atomic E-state index is 12.7. The summed E-state index contributed by atoms with van der Waals surface area (Å²) in [6.45, 7) is 4.40. The van der Waals surface area contributed by atoms with Crippen molar-refractivity contribution in [2.45, 2.75) is 13.2 Å². The highest BCUT2D eigenvalue weighted by Crippen LogP contribution is 2.23. The minimum absolute atomic E-state index is 0.0315. The van der Waals surface area contributed by atoms with E-state index < -0.39 is 0 Å². The van der Waals surface area contributed by atoms with E-state index in [9.17, 15) is 4.79 Å². The summed E-state index contributed by atoms with van der Waals surface area (Å²) in [5, 5.41) is 0.749. The predicted molar refractivity (Wildman–Crippen MR) is 136 cm³/mol. The molecule has 0 N–H and O–H groups in total. The number of piperazine rings is 1. The van der Waals surface area contributed by atoms with Crippen molar-refractivity contribution in [3.8, 4) is 11.5 Å². The molecule has 176 valence electrons. The summed E-state index contributed by atoms with van der Waals surface area (Å²) in [4.78, 5) is 17.0. The van der Waals surface area contributed by atoms with Crippen LogP contribution in [0.5, 0.6) is 11.5 Å². The summed E-state index contributed by atoms with van der Waals surface area (Å²) in [6, 6.07) is 23.5. The highest BCUT2D eigenvalue weighted by Gasteiger charge is 2.19. The molecule has 3 aromatic rings. The van der Waals surface area contributed by atoms with Crippen molar-refractivity contribution < 1.29 is 14.3 Å². The number of ether oxygens (including phenoxy) is 2. The number of hydrogen-bond acceptors (Lipinski definition) is 4. The van der Waals surface area contributed by atoms with E-state index in [1.807, 2.05) is 71.6 Å². The van der Waals surface area contributed by atoms with Crippen molar-refractivity contribution in [2.75, 3.05) is 33.3 Å². The second-order valence-electron chi connectivity index (χ2n) is 8.23. The fraction of sp³-hybridized carbons (Fsp3) is 0.250. The van der Waals surface area contributed by atoms with Gasteiger partial charge in [-0.15, -0.1) is 0 Å². The van der Waals surface area contributed by atoms with Gasteiger partial charge in [0.1, 0.15) is 18.1 Å². The summed E-state index contributed by atoms with van der Waals surface area (Å²) >= 11 is 5.97. The smallest absolute Gasteiger partial charge is 0.246 e. The first-order valence-electron chi connectivity index (χ1n) is 11.4. The van der Waals surface area contributed by atoms with Crippen LogP contribution in [0.2, 0.25) is 5.02 Å². The molecular formula is C28H29ClN2O3. The van der Waals surface area contributed by atoms with Crippen LogP contribution in [0.3, 0.4) is 0 Å². The van der Waals surface area contributed by atoms with Gasteiger partial charge in [0.2, 0.25) is 5.91 Å². The minimum Gasteiger partial charge on any atom is -0.496 e. The topological polar surface area (TPSA) is 42.0 Å². The average molecular weight is 477 g/mol. The lowest BCUT2D eigenvalue weighted by Gasteiger charge is -2.34. The molecule has 0 atom stereocenters. The van der Waals surface area contributed by atoms with E-state index in [-0.39, 0.29) is 5.91 Å². The Hall–Kier alpha value is -3.28. The molecule has 0 unspecified atom stereocenters. The molecule has 1 aliphatic rings. The molecule has 0 spiro atoms. The summed E-state index contributed by atoms with van der Waals surface area (Å²) in [7, 11) is 1.65. The van der Waals surface area contributed by atoms with Gasteiger partial charge in [-0.05, 0) is 53.6 Å². The molecule has 3 aromatic carbocycles. The van der Waals surface area contributed by atoms with Crippen LogP contribution in [0, 0.1) is 0 Å². The largest absolute Gasteiger partial charge is 0.496 e. The van der Waals surface area contributed by atoms with E-state index in [0.29, 0.717) is 6.61 Å². The van der Waals surface area contributed by atoms with E-state index in [4.69, 9.17) is 21.1 Å². The maximum atomic E-state index is 12.7. The van der Waals surface area contributed by atoms with Gasteiger partial charge in [-0.1, -0.05) is 48.0 Å². The number of amides is 1. The van der Waals surface area contributed by atoms with Crippen LogP contribution in [-0.2, 0) is 17.9 Å². The van der Waals surface area contributed by atoms with Gasteiger partial charge < -0.3 is 14.4 Å². The molecule has 1 fully saturated rings. The number of carbonyl (C=O) groups excluding carboxylic acids is 1. The molecule has 1 aliphatic heterocycles. The van der Waals surface area contributed by atoms with E-state index in [2.05, 4.69) is 17.0 Å². The zero-order valence-corrected chi connectivity index (χ0v) is 20.1. The quantitative estimate of drug-likeness (QED) is 0.414. The third-order valence-electron chi connectivity index (χ3n) is 5.86. The average Bonchev–Trinajstić information content (AvgIpc) is 2.88. The molecule has 1 saturated heterocycles. The molecule has 1 heterocycles. The Morgan fingerprint density at radius 3 is 2.41 bits per heavy atom. The van der Waals surface area contributed by atoms with Crippen LogP contribution in [0.1, 0.15) is 16.7 Å². The fourth-order valence-electron chi connectivity index (χ4n) is 3.94. The van der Waals surface area contributed by atoms with Crippen LogP contribution >= 0.6 is 11.6 Å². The first-order valence-corrected chi connectivity index (χ1v) is 11.8. The van der Waals surface area contributed by atoms with Crippen LogP contribution in [-0.4, -0.2) is 49.0 Å². The molecule has 0 aromatic heterocycles. The lowest BCUT2D eigenvalue weighted by Crippen LogP contribution is -2.47. The van der Waals surface area contributed by atoms with Gasteiger partial charge >= 0.3 is 0 Å². The Labute approximate surface area is 206 Å². The van der Waals surface area contributed by atoms with Crippen molar-refractivity contribution >= 4 is 23.6 Å². The Morgan fingerprint density at radius 2 is 1.71 bits per heavy atom. The second kappa shape index (κ2) is 11.7. The van der Waals surface area contributed by atoms with Crippen molar-refractivity contribution in [1.82, 2.24) is 9.80 Å². The highest BCUT2D eigenvalue weighted by molar-refractivity contribution is 6.30. The Bertz CT molecular complexity index is 1110. The van der Waals surface area contributed by atoms with Gasteiger partial charge in [-0.25, -0.2) is 0 Å². The molecule has 0 saturated carbocycles.